The van der Waals surface area contributed by atoms with Crippen LogP contribution in [0, 0.1) is 0 Å². The topological polar surface area (TPSA) is 83.5 Å². The molecule has 2 atom stereocenters. The van der Waals surface area contributed by atoms with Crippen LogP contribution in [0.3, 0.4) is 0 Å². The van der Waals surface area contributed by atoms with E-state index >= 15 is 0 Å². The quantitative estimate of drug-likeness (QED) is 0.123. The predicted octanol–water partition coefficient (Wildman–Crippen LogP) is 9.53. The van der Waals surface area contributed by atoms with E-state index in [0.29, 0.717) is 51.1 Å². The van der Waals surface area contributed by atoms with Gasteiger partial charge < -0.3 is 28.6 Å². The Morgan fingerprint density at radius 1 is 0.562 bits per heavy atom. The Bertz CT molecular complexity index is 1060. The SMILES string of the molecule is CCCCCCCCCC[C@H]1COc2ccccc2P(=O)(O)c2ccccc2OC[C@H](CCCCCCCCCC)OCCOCCO1. The van der Waals surface area contributed by atoms with Gasteiger partial charge in [-0.15, -0.1) is 0 Å². The lowest BCUT2D eigenvalue weighted by molar-refractivity contribution is -0.0445. The van der Waals surface area contributed by atoms with Crippen LogP contribution in [0.4, 0.5) is 0 Å². The summed E-state index contributed by atoms with van der Waals surface area (Å²) in [6, 6.07) is 14.1. The van der Waals surface area contributed by atoms with E-state index in [-0.39, 0.29) is 22.8 Å². The molecule has 0 spiro atoms. The van der Waals surface area contributed by atoms with Crippen LogP contribution >= 0.6 is 7.37 Å². The summed E-state index contributed by atoms with van der Waals surface area (Å²) >= 11 is 0. The van der Waals surface area contributed by atoms with E-state index in [0.717, 1.165) is 25.7 Å². The highest BCUT2D eigenvalue weighted by atomic mass is 31.2. The minimum atomic E-state index is -4.05. The lowest BCUT2D eigenvalue weighted by atomic mass is 10.1. The van der Waals surface area contributed by atoms with Gasteiger partial charge in [-0.2, -0.15) is 0 Å². The van der Waals surface area contributed by atoms with Gasteiger partial charge in [0.05, 0.1) is 49.2 Å². The van der Waals surface area contributed by atoms with E-state index in [2.05, 4.69) is 13.8 Å². The van der Waals surface area contributed by atoms with E-state index in [1.54, 1.807) is 36.4 Å². The van der Waals surface area contributed by atoms with Crippen molar-refractivity contribution in [1.29, 1.82) is 0 Å². The molecule has 1 aliphatic heterocycles. The molecule has 0 aliphatic carbocycles. The normalized spacial score (nSPS) is 19.2. The van der Waals surface area contributed by atoms with Crippen LogP contribution in [-0.4, -0.2) is 56.7 Å². The van der Waals surface area contributed by atoms with Crippen molar-refractivity contribution in [2.45, 2.75) is 142 Å². The second-order valence-corrected chi connectivity index (χ2v) is 15.4. The third-order valence-corrected chi connectivity index (χ3v) is 11.2. The highest BCUT2D eigenvalue weighted by Gasteiger charge is 2.32. The molecule has 0 unspecified atom stereocenters. The molecule has 2 aromatic carbocycles. The molecule has 0 bridgehead atoms. The van der Waals surface area contributed by atoms with Gasteiger partial charge in [0.2, 0.25) is 0 Å². The van der Waals surface area contributed by atoms with Crippen molar-refractivity contribution in [2.75, 3.05) is 39.6 Å². The van der Waals surface area contributed by atoms with Gasteiger partial charge in [-0.3, -0.25) is 4.57 Å². The smallest absolute Gasteiger partial charge is 0.266 e. The highest BCUT2D eigenvalue weighted by Crippen LogP contribution is 2.44. The van der Waals surface area contributed by atoms with E-state index in [1.807, 2.05) is 12.1 Å². The number of hydrogen-bond donors (Lipinski definition) is 1. The summed E-state index contributed by atoms with van der Waals surface area (Å²) in [5.74, 6) is 0.798. The minimum absolute atomic E-state index is 0.137. The first-order valence-corrected chi connectivity index (χ1v) is 20.8. The van der Waals surface area contributed by atoms with Gasteiger partial charge in [0.15, 0.2) is 0 Å². The van der Waals surface area contributed by atoms with Gasteiger partial charge in [0.1, 0.15) is 24.7 Å². The van der Waals surface area contributed by atoms with E-state index < -0.39 is 7.37 Å². The lowest BCUT2D eigenvalue weighted by Crippen LogP contribution is -2.28. The third kappa shape index (κ3) is 15.8. The molecule has 0 fully saturated rings. The zero-order chi connectivity index (χ0) is 34.1. The number of ether oxygens (including phenoxy) is 5. The molecule has 48 heavy (non-hydrogen) atoms. The van der Waals surface area contributed by atoms with Crippen LogP contribution in [-0.2, 0) is 18.8 Å². The molecule has 8 heteroatoms. The largest absolute Gasteiger partial charge is 0.490 e. The molecule has 1 N–H and O–H groups in total. The summed E-state index contributed by atoms with van der Waals surface area (Å²) < 4.78 is 45.2. The van der Waals surface area contributed by atoms with Crippen LogP contribution in [0.5, 0.6) is 11.5 Å². The van der Waals surface area contributed by atoms with Crippen molar-refractivity contribution in [1.82, 2.24) is 0 Å². The highest BCUT2D eigenvalue weighted by molar-refractivity contribution is 7.73. The molecular formula is C40H65O7P. The second-order valence-electron chi connectivity index (χ2n) is 13.3. The van der Waals surface area contributed by atoms with Crippen LogP contribution in [0.15, 0.2) is 48.5 Å². The maximum Gasteiger partial charge on any atom is 0.266 e. The predicted molar refractivity (Wildman–Crippen MR) is 198 cm³/mol. The van der Waals surface area contributed by atoms with Crippen LogP contribution in [0.1, 0.15) is 129 Å². The maximum atomic E-state index is 14.2. The standard InChI is InChI=1S/C40H65O7P/c1-3-5-7-9-11-13-15-17-23-35-33-46-37-25-19-21-27-39(37)48(41,42)40-28-22-20-26-38(40)47-34-36(45-32-30-43-29-31-44-35)24-18-16-14-12-10-8-6-4-2/h19-22,25-28,35-36H,3-18,23-24,29-34H2,1-2H3,(H,41,42)/t35-,36-/m0/s1. The van der Waals surface area contributed by atoms with Gasteiger partial charge in [0, 0.05) is 0 Å². The number of fused-ring (bicyclic) bond motifs is 2. The van der Waals surface area contributed by atoms with Gasteiger partial charge in [0.25, 0.3) is 7.37 Å². The van der Waals surface area contributed by atoms with Gasteiger partial charge >= 0.3 is 0 Å². The van der Waals surface area contributed by atoms with Crippen molar-refractivity contribution >= 4 is 18.0 Å². The van der Waals surface area contributed by atoms with Crippen molar-refractivity contribution < 1.29 is 33.1 Å². The Morgan fingerprint density at radius 3 is 1.35 bits per heavy atom. The fourth-order valence-corrected chi connectivity index (χ4v) is 7.96. The zero-order valence-corrected chi connectivity index (χ0v) is 31.0. The molecule has 0 aromatic heterocycles. The first-order chi connectivity index (χ1) is 23.6. The minimum Gasteiger partial charge on any atom is -0.490 e. The summed E-state index contributed by atoms with van der Waals surface area (Å²) in [7, 11) is -4.05. The Kier molecular flexibility index (Phi) is 21.2. The molecule has 272 valence electrons. The van der Waals surface area contributed by atoms with Crippen molar-refractivity contribution in [2.24, 2.45) is 0 Å². The second kappa shape index (κ2) is 25.1. The van der Waals surface area contributed by atoms with Crippen molar-refractivity contribution in [3.8, 4) is 11.5 Å². The summed E-state index contributed by atoms with van der Waals surface area (Å²) in [6.45, 7) is 6.98. The molecule has 0 amide bonds. The molecule has 1 aliphatic rings. The molecule has 0 radical (unpaired) electrons. The Labute approximate surface area is 291 Å². The van der Waals surface area contributed by atoms with E-state index in [1.165, 1.54) is 89.9 Å². The van der Waals surface area contributed by atoms with Gasteiger partial charge in [-0.1, -0.05) is 141 Å². The molecule has 1 heterocycles. The fraction of sp³-hybridized carbons (Fsp3) is 0.700. The molecular weight excluding hydrogens is 623 g/mol. The van der Waals surface area contributed by atoms with Gasteiger partial charge in [-0.05, 0) is 37.1 Å². The maximum absolute atomic E-state index is 14.2. The van der Waals surface area contributed by atoms with Crippen LogP contribution in [0.25, 0.3) is 0 Å². The average Bonchev–Trinajstić information content (AvgIpc) is 3.10. The Morgan fingerprint density at radius 2 is 0.938 bits per heavy atom. The molecule has 7 nitrogen and oxygen atoms in total. The molecule has 0 saturated carbocycles. The molecule has 3 rings (SSSR count). The summed E-state index contributed by atoms with van der Waals surface area (Å²) in [5, 5.41) is 0.533. The van der Waals surface area contributed by atoms with E-state index in [4.69, 9.17) is 23.7 Å². The number of hydrogen-bond acceptors (Lipinski definition) is 6. The number of unbranched alkanes of at least 4 members (excludes halogenated alkanes) is 14. The third-order valence-electron chi connectivity index (χ3n) is 9.15. The zero-order valence-electron chi connectivity index (χ0n) is 30.1. The van der Waals surface area contributed by atoms with Gasteiger partial charge in [-0.25, -0.2) is 0 Å². The number of para-hydroxylation sites is 2. The monoisotopic (exact) mass is 688 g/mol. The summed E-state index contributed by atoms with van der Waals surface area (Å²) in [4.78, 5) is 11.7. The number of benzene rings is 2. The first-order valence-electron chi connectivity index (χ1n) is 19.1. The van der Waals surface area contributed by atoms with E-state index in [9.17, 15) is 9.46 Å². The summed E-state index contributed by atoms with van der Waals surface area (Å²) in [6.07, 6.45) is 21.4. The summed E-state index contributed by atoms with van der Waals surface area (Å²) in [5.41, 5.74) is 0. The molecule has 0 saturated heterocycles. The van der Waals surface area contributed by atoms with Crippen molar-refractivity contribution in [3.05, 3.63) is 48.5 Å². The lowest BCUT2D eigenvalue weighted by Gasteiger charge is -2.24. The average molecular weight is 689 g/mol. The molecule has 2 aromatic rings. The fourth-order valence-electron chi connectivity index (χ4n) is 6.25. The Balaban J connectivity index is 1.68. The Hall–Kier alpha value is -1.89. The van der Waals surface area contributed by atoms with Crippen LogP contribution < -0.4 is 20.1 Å². The van der Waals surface area contributed by atoms with Crippen LogP contribution in [0.2, 0.25) is 0 Å². The number of rotatable bonds is 18. The van der Waals surface area contributed by atoms with Crippen molar-refractivity contribution in [3.63, 3.8) is 0 Å². The first kappa shape index (κ1) is 40.5.